The van der Waals surface area contributed by atoms with E-state index in [9.17, 15) is 8.42 Å². The van der Waals surface area contributed by atoms with Gasteiger partial charge in [0.2, 0.25) is 10.0 Å². The van der Waals surface area contributed by atoms with Crippen molar-refractivity contribution in [1.82, 2.24) is 29.4 Å². The maximum absolute atomic E-state index is 13.2. The zero-order valence-electron chi connectivity index (χ0n) is 17.7. The standard InChI is InChI=1S/C20H23ClN6O4S/c1-30-17-7-8-18(31-2)19(13-17)32(28,29)26-11-9-25(10-12-26)14-20-22-23-24-27(20)16-5-3-15(21)4-6-16/h3-8,13H,9-12,14H2,1-2H3. The van der Waals surface area contributed by atoms with Crippen LogP contribution in [-0.2, 0) is 16.6 Å². The van der Waals surface area contributed by atoms with Gasteiger partial charge in [-0.05, 0) is 46.8 Å². The van der Waals surface area contributed by atoms with Crippen molar-refractivity contribution in [3.63, 3.8) is 0 Å². The molecule has 0 saturated carbocycles. The SMILES string of the molecule is COc1ccc(OC)c(S(=O)(=O)N2CCN(Cc3nnnn3-c3ccc(Cl)cc3)CC2)c1. The molecule has 4 rings (SSSR count). The average molecular weight is 479 g/mol. The molecular weight excluding hydrogens is 456 g/mol. The van der Waals surface area contributed by atoms with Gasteiger partial charge in [-0.25, -0.2) is 8.42 Å². The lowest BCUT2D eigenvalue weighted by Crippen LogP contribution is -2.48. The molecule has 0 aliphatic carbocycles. The maximum atomic E-state index is 13.2. The van der Waals surface area contributed by atoms with Crippen molar-refractivity contribution >= 4 is 21.6 Å². The predicted molar refractivity (Wildman–Crippen MR) is 118 cm³/mol. The number of benzene rings is 2. The molecule has 0 unspecified atom stereocenters. The summed E-state index contributed by atoms with van der Waals surface area (Å²) in [6.45, 7) is 2.25. The normalized spacial score (nSPS) is 15.6. The van der Waals surface area contributed by atoms with E-state index < -0.39 is 10.0 Å². The van der Waals surface area contributed by atoms with Crippen LogP contribution in [0.1, 0.15) is 5.82 Å². The van der Waals surface area contributed by atoms with Gasteiger partial charge in [-0.15, -0.1) is 5.10 Å². The number of sulfonamides is 1. The molecule has 0 atom stereocenters. The van der Waals surface area contributed by atoms with Crippen molar-refractivity contribution in [1.29, 1.82) is 0 Å². The number of methoxy groups -OCH3 is 2. The second kappa shape index (κ2) is 9.41. The van der Waals surface area contributed by atoms with Gasteiger partial charge in [0.25, 0.3) is 0 Å². The number of piperazine rings is 1. The summed E-state index contributed by atoms with van der Waals surface area (Å²) in [6.07, 6.45) is 0. The first-order chi connectivity index (χ1) is 15.4. The summed E-state index contributed by atoms with van der Waals surface area (Å²) in [7, 11) is -0.792. The summed E-state index contributed by atoms with van der Waals surface area (Å²) in [6, 6.07) is 12.0. The second-order valence-corrected chi connectivity index (χ2v) is 9.52. The maximum Gasteiger partial charge on any atom is 0.246 e. The van der Waals surface area contributed by atoms with E-state index in [-0.39, 0.29) is 10.6 Å². The van der Waals surface area contributed by atoms with Crippen LogP contribution in [0, 0.1) is 0 Å². The molecule has 32 heavy (non-hydrogen) atoms. The molecule has 3 aromatic rings. The van der Waals surface area contributed by atoms with Gasteiger partial charge < -0.3 is 9.47 Å². The zero-order chi connectivity index (χ0) is 22.7. The van der Waals surface area contributed by atoms with E-state index >= 15 is 0 Å². The third-order valence-electron chi connectivity index (χ3n) is 5.29. The highest BCUT2D eigenvalue weighted by Crippen LogP contribution is 2.31. The fourth-order valence-electron chi connectivity index (χ4n) is 3.54. The molecular formula is C20H23ClN6O4S. The molecule has 0 radical (unpaired) electrons. The molecule has 12 heteroatoms. The first-order valence-corrected chi connectivity index (χ1v) is 11.7. The number of rotatable bonds is 7. The highest BCUT2D eigenvalue weighted by Gasteiger charge is 2.31. The van der Waals surface area contributed by atoms with Crippen LogP contribution in [0.2, 0.25) is 5.02 Å². The van der Waals surface area contributed by atoms with E-state index in [1.807, 2.05) is 12.1 Å². The van der Waals surface area contributed by atoms with Crippen molar-refractivity contribution in [3.8, 4) is 17.2 Å². The Kier molecular flexibility index (Phi) is 6.60. The van der Waals surface area contributed by atoms with E-state index in [2.05, 4.69) is 20.4 Å². The van der Waals surface area contributed by atoms with Crippen LogP contribution in [-0.4, -0.2) is 78.2 Å². The molecule has 1 aliphatic heterocycles. The molecule has 0 bridgehead atoms. The summed E-state index contributed by atoms with van der Waals surface area (Å²) in [5.41, 5.74) is 0.806. The lowest BCUT2D eigenvalue weighted by molar-refractivity contribution is 0.176. The Labute approximate surface area is 191 Å². The summed E-state index contributed by atoms with van der Waals surface area (Å²) >= 11 is 5.96. The largest absolute Gasteiger partial charge is 0.497 e. The summed E-state index contributed by atoms with van der Waals surface area (Å²) in [5.74, 6) is 1.41. The lowest BCUT2D eigenvalue weighted by atomic mass is 10.3. The van der Waals surface area contributed by atoms with Crippen LogP contribution in [0.3, 0.4) is 0 Å². The van der Waals surface area contributed by atoms with Crippen molar-refractivity contribution in [3.05, 3.63) is 53.3 Å². The summed E-state index contributed by atoms with van der Waals surface area (Å²) < 4.78 is 40.1. The van der Waals surface area contributed by atoms with Crippen molar-refractivity contribution in [2.75, 3.05) is 40.4 Å². The predicted octanol–water partition coefficient (Wildman–Crippen LogP) is 1.84. The number of halogens is 1. The molecule has 0 N–H and O–H groups in total. The second-order valence-electron chi connectivity index (χ2n) is 7.18. The minimum Gasteiger partial charge on any atom is -0.497 e. The molecule has 2 aromatic carbocycles. The first kappa shape index (κ1) is 22.5. The number of tetrazole rings is 1. The van der Waals surface area contributed by atoms with Gasteiger partial charge in [0.05, 0.1) is 26.5 Å². The number of hydrogen-bond acceptors (Lipinski definition) is 8. The summed E-state index contributed by atoms with van der Waals surface area (Å²) in [5, 5.41) is 12.6. The Hall–Kier alpha value is -2.73. The number of aromatic nitrogens is 4. The Morgan fingerprint density at radius 1 is 1.00 bits per heavy atom. The van der Waals surface area contributed by atoms with Crippen molar-refractivity contribution in [2.24, 2.45) is 0 Å². The van der Waals surface area contributed by atoms with E-state index in [0.717, 1.165) is 5.69 Å². The van der Waals surface area contributed by atoms with E-state index in [0.29, 0.717) is 49.3 Å². The smallest absolute Gasteiger partial charge is 0.246 e. The van der Waals surface area contributed by atoms with Gasteiger partial charge in [0, 0.05) is 37.3 Å². The molecule has 1 saturated heterocycles. The Bertz CT molecular complexity index is 1180. The van der Waals surface area contributed by atoms with Crippen LogP contribution in [0.4, 0.5) is 0 Å². The Morgan fingerprint density at radius 3 is 2.38 bits per heavy atom. The third kappa shape index (κ3) is 4.56. The van der Waals surface area contributed by atoms with Crippen LogP contribution < -0.4 is 9.47 Å². The van der Waals surface area contributed by atoms with E-state index in [1.54, 1.807) is 28.9 Å². The molecule has 10 nitrogen and oxygen atoms in total. The fraction of sp³-hybridized carbons (Fsp3) is 0.350. The molecule has 0 amide bonds. The molecule has 1 aromatic heterocycles. The molecule has 2 heterocycles. The van der Waals surface area contributed by atoms with Crippen molar-refractivity contribution in [2.45, 2.75) is 11.4 Å². The lowest BCUT2D eigenvalue weighted by Gasteiger charge is -2.33. The third-order valence-corrected chi connectivity index (χ3v) is 7.46. The zero-order valence-corrected chi connectivity index (χ0v) is 19.3. The Balaban J connectivity index is 1.45. The molecule has 1 fully saturated rings. The van der Waals surface area contributed by atoms with Crippen LogP contribution in [0.25, 0.3) is 5.69 Å². The molecule has 1 aliphatic rings. The molecule has 170 valence electrons. The van der Waals surface area contributed by atoms with Crippen molar-refractivity contribution < 1.29 is 17.9 Å². The quantitative estimate of drug-likeness (QED) is 0.507. The van der Waals surface area contributed by atoms with E-state index in [4.69, 9.17) is 21.1 Å². The van der Waals surface area contributed by atoms with Gasteiger partial charge in [0.15, 0.2) is 5.82 Å². The van der Waals surface area contributed by atoms with Crippen LogP contribution >= 0.6 is 11.6 Å². The van der Waals surface area contributed by atoms with E-state index in [1.165, 1.54) is 24.6 Å². The first-order valence-electron chi connectivity index (χ1n) is 9.90. The number of ether oxygens (including phenoxy) is 2. The van der Waals surface area contributed by atoms with Gasteiger partial charge in [-0.1, -0.05) is 11.6 Å². The number of hydrogen-bond donors (Lipinski definition) is 0. The monoisotopic (exact) mass is 478 g/mol. The Morgan fingerprint density at radius 2 is 1.72 bits per heavy atom. The van der Waals surface area contributed by atoms with Crippen LogP contribution in [0.15, 0.2) is 47.4 Å². The molecule has 0 spiro atoms. The van der Waals surface area contributed by atoms with Crippen LogP contribution in [0.5, 0.6) is 11.5 Å². The highest BCUT2D eigenvalue weighted by molar-refractivity contribution is 7.89. The van der Waals surface area contributed by atoms with Gasteiger partial charge in [0.1, 0.15) is 16.4 Å². The van der Waals surface area contributed by atoms with Gasteiger partial charge >= 0.3 is 0 Å². The fourth-order valence-corrected chi connectivity index (χ4v) is 5.26. The highest BCUT2D eigenvalue weighted by atomic mass is 35.5. The van der Waals surface area contributed by atoms with Gasteiger partial charge in [-0.2, -0.15) is 8.99 Å². The number of nitrogens with zero attached hydrogens (tertiary/aromatic N) is 6. The average Bonchev–Trinajstić information content (AvgIpc) is 3.27. The minimum atomic E-state index is -3.73. The minimum absolute atomic E-state index is 0.0967. The topological polar surface area (TPSA) is 103 Å². The van der Waals surface area contributed by atoms with Gasteiger partial charge in [-0.3, -0.25) is 4.90 Å². The summed E-state index contributed by atoms with van der Waals surface area (Å²) in [4.78, 5) is 2.21.